The number of morpholine rings is 1. The van der Waals surface area contributed by atoms with E-state index in [0.29, 0.717) is 39.7 Å². The highest BCUT2D eigenvalue weighted by Crippen LogP contribution is 2.42. The van der Waals surface area contributed by atoms with Crippen molar-refractivity contribution in [2.45, 2.75) is 25.7 Å². The number of aromatic amines is 1. The molecule has 0 bridgehead atoms. The van der Waals surface area contributed by atoms with Gasteiger partial charge in [0, 0.05) is 38.2 Å². The summed E-state index contributed by atoms with van der Waals surface area (Å²) in [6, 6.07) is 18.7. The Balaban J connectivity index is 1.22. The third-order valence-corrected chi connectivity index (χ3v) is 9.34. The lowest BCUT2D eigenvalue weighted by Gasteiger charge is -2.26. The second kappa shape index (κ2) is 15.0. The van der Waals surface area contributed by atoms with Gasteiger partial charge in [-0.25, -0.2) is 0 Å². The fourth-order valence-corrected chi connectivity index (χ4v) is 6.85. The number of thioether (sulfide) groups is 1. The fraction of sp³-hybridized carbons (Fsp3) is 0.364. The van der Waals surface area contributed by atoms with Gasteiger partial charge < -0.3 is 14.2 Å². The van der Waals surface area contributed by atoms with Gasteiger partial charge in [-0.2, -0.15) is 5.21 Å². The lowest BCUT2D eigenvalue weighted by atomic mass is 9.98. The first kappa shape index (κ1) is 31.2. The smallest absolute Gasteiger partial charge is 0.266 e. The van der Waals surface area contributed by atoms with Gasteiger partial charge in [-0.15, -0.1) is 10.2 Å². The Morgan fingerprint density at radius 2 is 1.89 bits per heavy atom. The Hall–Kier alpha value is -3.84. The molecule has 2 saturated heterocycles. The molecule has 3 heterocycles. The zero-order valence-corrected chi connectivity index (χ0v) is 26.9. The number of H-pyrrole nitrogens is 1. The number of rotatable bonds is 13. The van der Waals surface area contributed by atoms with Gasteiger partial charge in [-0.1, -0.05) is 72.0 Å². The number of hydrogen-bond donors (Lipinski definition) is 1. The molecule has 0 saturated carbocycles. The second-order valence-electron chi connectivity index (χ2n) is 10.9. The first-order chi connectivity index (χ1) is 22.1. The molecule has 2 aliphatic rings. The van der Waals surface area contributed by atoms with Crippen LogP contribution in [0.25, 0.3) is 28.0 Å². The molecule has 1 N–H and O–H groups in total. The van der Waals surface area contributed by atoms with Crippen LogP contribution in [0.5, 0.6) is 11.5 Å². The number of thiocarbonyl (C=S) groups is 1. The summed E-state index contributed by atoms with van der Waals surface area (Å²) >= 11 is 6.95. The topological polar surface area (TPSA) is 106 Å². The molecule has 0 atom stereocenters. The van der Waals surface area contributed by atoms with Crippen LogP contribution in [0.4, 0.5) is 0 Å². The van der Waals surface area contributed by atoms with E-state index in [2.05, 4.69) is 61.9 Å². The number of aromatic nitrogens is 4. The summed E-state index contributed by atoms with van der Waals surface area (Å²) in [4.78, 5) is 18.1. The van der Waals surface area contributed by atoms with Crippen molar-refractivity contribution < 1.29 is 19.0 Å². The summed E-state index contributed by atoms with van der Waals surface area (Å²) in [7, 11) is 1.65. The highest BCUT2D eigenvalue weighted by atomic mass is 32.2. The van der Waals surface area contributed by atoms with E-state index in [4.69, 9.17) is 26.4 Å². The molecule has 6 rings (SSSR count). The Kier molecular flexibility index (Phi) is 10.4. The molecular weight excluding hydrogens is 609 g/mol. The van der Waals surface area contributed by atoms with Crippen molar-refractivity contribution in [2.75, 3.05) is 53.1 Å². The van der Waals surface area contributed by atoms with E-state index in [9.17, 15) is 4.79 Å². The highest BCUT2D eigenvalue weighted by Gasteiger charge is 2.31. The van der Waals surface area contributed by atoms with Gasteiger partial charge in [0.1, 0.15) is 10.9 Å². The lowest BCUT2D eigenvalue weighted by Crippen LogP contribution is -2.38. The minimum absolute atomic E-state index is 0.0692. The molecular formula is C33H36N6O4S2. The maximum atomic E-state index is 13.4. The van der Waals surface area contributed by atoms with Gasteiger partial charge in [0.25, 0.3) is 5.91 Å². The predicted molar refractivity (Wildman–Crippen MR) is 180 cm³/mol. The first-order valence-electron chi connectivity index (χ1n) is 15.2. The van der Waals surface area contributed by atoms with E-state index >= 15 is 0 Å². The molecule has 1 aromatic heterocycles. The largest absolute Gasteiger partial charge is 0.493 e. The Bertz CT molecular complexity index is 1670. The summed E-state index contributed by atoms with van der Waals surface area (Å²) in [5.74, 6) is 1.94. The number of fused-ring (bicyclic) bond motifs is 1. The molecule has 3 aromatic carbocycles. The summed E-state index contributed by atoms with van der Waals surface area (Å²) in [5, 5.41) is 16.3. The molecule has 1 amide bonds. The van der Waals surface area contributed by atoms with Crippen LogP contribution >= 0.6 is 24.0 Å². The number of benzene rings is 3. The number of carbonyl (C=O) groups excluding carboxylic acids is 1. The number of nitrogens with zero attached hydrogens (tertiary/aromatic N) is 5. The summed E-state index contributed by atoms with van der Waals surface area (Å²) < 4.78 is 18.4. The standard InChI is InChI=1S/C33H36N6O4S2/c1-41-28-20-23(21-29-32(40)39(33(44)45-29)12-6-2-3-9-30-34-36-37-35-30)19-27(26-11-10-24-7-4-5-8-25(24)22-26)31(28)43-18-15-38-13-16-42-17-14-38/h4-5,7-8,10-11,19-22H,2-3,6,9,12-18H2,1H3,(H,34,35,36,37). The van der Waals surface area contributed by atoms with Gasteiger partial charge in [0.05, 0.1) is 25.2 Å². The zero-order chi connectivity index (χ0) is 31.0. The van der Waals surface area contributed by atoms with Crippen LogP contribution in [0.3, 0.4) is 0 Å². The molecule has 0 radical (unpaired) electrons. The van der Waals surface area contributed by atoms with Crippen molar-refractivity contribution in [1.29, 1.82) is 0 Å². The molecule has 12 heteroatoms. The van der Waals surface area contributed by atoms with E-state index in [1.165, 1.54) is 11.8 Å². The van der Waals surface area contributed by atoms with Gasteiger partial charge in [-0.05, 0) is 59.0 Å². The SMILES string of the molecule is COc1cc(C=C2SC(=S)N(CCCCCc3nn[nH]n3)C2=O)cc(-c2ccc3ccccc3c2)c1OCCN1CCOCC1. The van der Waals surface area contributed by atoms with Crippen LogP contribution < -0.4 is 9.47 Å². The quantitative estimate of drug-likeness (QED) is 0.116. The van der Waals surface area contributed by atoms with Crippen LogP contribution in [-0.4, -0.2) is 93.8 Å². The normalized spacial score (nSPS) is 16.6. The fourth-order valence-electron chi connectivity index (χ4n) is 5.54. The van der Waals surface area contributed by atoms with Gasteiger partial charge >= 0.3 is 0 Å². The van der Waals surface area contributed by atoms with Crippen LogP contribution in [0, 0.1) is 0 Å². The van der Waals surface area contributed by atoms with E-state index < -0.39 is 0 Å². The highest BCUT2D eigenvalue weighted by molar-refractivity contribution is 8.26. The first-order valence-corrected chi connectivity index (χ1v) is 16.4. The number of tetrazole rings is 1. The average molecular weight is 645 g/mol. The minimum Gasteiger partial charge on any atom is -0.493 e. The molecule has 45 heavy (non-hydrogen) atoms. The van der Waals surface area contributed by atoms with Gasteiger partial charge in [-0.3, -0.25) is 14.6 Å². The van der Waals surface area contributed by atoms with Crippen molar-refractivity contribution in [1.82, 2.24) is 30.4 Å². The molecule has 2 aliphatic heterocycles. The third kappa shape index (κ3) is 7.70. The number of amides is 1. The lowest BCUT2D eigenvalue weighted by molar-refractivity contribution is -0.122. The number of aryl methyl sites for hydroxylation is 1. The van der Waals surface area contributed by atoms with Crippen molar-refractivity contribution >= 4 is 51.1 Å². The molecule has 0 aliphatic carbocycles. The summed E-state index contributed by atoms with van der Waals surface area (Å²) in [5.41, 5.74) is 2.76. The van der Waals surface area contributed by atoms with E-state index in [1.807, 2.05) is 24.3 Å². The number of nitrogens with one attached hydrogen (secondary N) is 1. The zero-order valence-electron chi connectivity index (χ0n) is 25.2. The van der Waals surface area contributed by atoms with Crippen LogP contribution in [-0.2, 0) is 16.0 Å². The summed E-state index contributed by atoms with van der Waals surface area (Å²) in [6.45, 7) is 5.18. The van der Waals surface area contributed by atoms with Gasteiger partial charge in [0.2, 0.25) is 0 Å². The monoisotopic (exact) mass is 644 g/mol. The van der Waals surface area contributed by atoms with Crippen molar-refractivity contribution in [3.8, 4) is 22.6 Å². The van der Waals surface area contributed by atoms with E-state index in [0.717, 1.165) is 86.0 Å². The molecule has 2 fully saturated rings. The Labute approximate surface area is 272 Å². The van der Waals surface area contributed by atoms with Gasteiger partial charge in [0.15, 0.2) is 17.3 Å². The van der Waals surface area contributed by atoms with E-state index in [-0.39, 0.29) is 5.91 Å². The number of ether oxygens (including phenoxy) is 3. The summed E-state index contributed by atoms with van der Waals surface area (Å²) in [6.07, 6.45) is 5.35. The second-order valence-corrected chi connectivity index (χ2v) is 12.6. The maximum Gasteiger partial charge on any atom is 0.266 e. The molecule has 0 unspecified atom stereocenters. The van der Waals surface area contributed by atoms with Crippen LogP contribution in [0.15, 0.2) is 59.5 Å². The maximum absolute atomic E-state index is 13.4. The molecule has 0 spiro atoms. The number of unbranched alkanes of at least 4 members (excludes halogenated alkanes) is 2. The van der Waals surface area contributed by atoms with Crippen molar-refractivity contribution in [3.63, 3.8) is 0 Å². The predicted octanol–water partition coefficient (Wildman–Crippen LogP) is 5.35. The Morgan fingerprint density at radius 3 is 2.69 bits per heavy atom. The number of carbonyl (C=O) groups is 1. The van der Waals surface area contributed by atoms with Crippen LogP contribution in [0.1, 0.15) is 30.7 Å². The van der Waals surface area contributed by atoms with Crippen LogP contribution in [0.2, 0.25) is 0 Å². The number of hydrogen-bond acceptors (Lipinski definition) is 10. The number of methoxy groups -OCH3 is 1. The molecule has 4 aromatic rings. The molecule has 10 nitrogen and oxygen atoms in total. The Morgan fingerprint density at radius 1 is 1.04 bits per heavy atom. The van der Waals surface area contributed by atoms with Crippen molar-refractivity contribution in [2.24, 2.45) is 0 Å². The third-order valence-electron chi connectivity index (χ3n) is 7.96. The minimum atomic E-state index is -0.0692. The molecule has 234 valence electrons. The van der Waals surface area contributed by atoms with Crippen molar-refractivity contribution in [3.05, 3.63) is 70.9 Å². The average Bonchev–Trinajstić information content (AvgIpc) is 3.68. The van der Waals surface area contributed by atoms with E-state index in [1.54, 1.807) is 12.0 Å².